The Bertz CT molecular complexity index is 1020. The van der Waals surface area contributed by atoms with Crippen molar-refractivity contribution in [2.75, 3.05) is 6.54 Å². The average molecular weight is 516 g/mol. The number of ether oxygens (including phenoxy) is 1. The summed E-state index contributed by atoms with van der Waals surface area (Å²) in [5.74, 6) is -0.921. The quantitative estimate of drug-likeness (QED) is 0.555. The van der Waals surface area contributed by atoms with E-state index in [9.17, 15) is 14.4 Å². The molecule has 3 rings (SSSR count). The molecule has 0 aliphatic carbocycles. The van der Waals surface area contributed by atoms with E-state index in [0.717, 1.165) is 22.2 Å². The minimum Gasteiger partial charge on any atom is -0.486 e. The number of nitrogens with zero attached hydrogens (tertiary/aromatic N) is 1. The molecule has 1 aliphatic heterocycles. The van der Waals surface area contributed by atoms with Gasteiger partial charge >= 0.3 is 0 Å². The first-order valence-corrected chi connectivity index (χ1v) is 10.5. The predicted octanol–water partition coefficient (Wildman–Crippen LogP) is 4.86. The Morgan fingerprint density at radius 2 is 1.93 bits per heavy atom. The molecule has 10 heteroatoms. The largest absolute Gasteiger partial charge is 0.486 e. The summed E-state index contributed by atoms with van der Waals surface area (Å²) in [4.78, 5) is 36.2. The predicted molar refractivity (Wildman–Crippen MR) is 117 cm³/mol. The van der Waals surface area contributed by atoms with Crippen molar-refractivity contribution in [3.63, 3.8) is 0 Å². The van der Waals surface area contributed by atoms with Gasteiger partial charge in [0.25, 0.3) is 11.1 Å². The van der Waals surface area contributed by atoms with Crippen LogP contribution in [0.3, 0.4) is 0 Å². The summed E-state index contributed by atoms with van der Waals surface area (Å²) in [6.45, 7) is -0.232. The Kier molecular flexibility index (Phi) is 6.89. The lowest BCUT2D eigenvalue weighted by Crippen LogP contribution is -2.36. The van der Waals surface area contributed by atoms with Crippen LogP contribution in [0, 0.1) is 0 Å². The van der Waals surface area contributed by atoms with E-state index in [1.807, 2.05) is 18.2 Å². The molecule has 3 amide bonds. The third kappa shape index (κ3) is 5.14. The molecule has 2 N–H and O–H groups in total. The van der Waals surface area contributed by atoms with Gasteiger partial charge in [-0.3, -0.25) is 19.3 Å². The molecule has 0 unspecified atom stereocenters. The van der Waals surface area contributed by atoms with Crippen LogP contribution in [-0.4, -0.2) is 28.5 Å². The highest BCUT2D eigenvalue weighted by Crippen LogP contribution is 2.38. The minimum atomic E-state index is -0.764. The average Bonchev–Trinajstić information content (AvgIpc) is 2.89. The van der Waals surface area contributed by atoms with E-state index in [-0.39, 0.29) is 11.5 Å². The maximum Gasteiger partial charge on any atom is 0.294 e. The third-order valence-corrected chi connectivity index (χ3v) is 5.98. The second-order valence-corrected chi connectivity index (χ2v) is 8.59. The van der Waals surface area contributed by atoms with Crippen LogP contribution in [0.1, 0.15) is 11.1 Å². The van der Waals surface area contributed by atoms with Crippen molar-refractivity contribution < 1.29 is 19.1 Å². The highest BCUT2D eigenvalue weighted by molar-refractivity contribution is 9.10. The molecule has 0 spiro atoms. The van der Waals surface area contributed by atoms with Crippen molar-refractivity contribution in [2.45, 2.75) is 6.61 Å². The fourth-order valence-electron chi connectivity index (χ4n) is 2.51. The molecule has 0 saturated carbocycles. The van der Waals surface area contributed by atoms with Gasteiger partial charge in [0.1, 0.15) is 13.2 Å². The number of thioether (sulfide) groups is 1. The van der Waals surface area contributed by atoms with E-state index in [1.54, 1.807) is 18.2 Å². The van der Waals surface area contributed by atoms with Crippen LogP contribution in [0.15, 0.2) is 45.8 Å². The van der Waals surface area contributed by atoms with Gasteiger partial charge in [-0.15, -0.1) is 0 Å². The first kappa shape index (κ1) is 21.7. The van der Waals surface area contributed by atoms with Gasteiger partial charge in [-0.2, -0.15) is 0 Å². The summed E-state index contributed by atoms with van der Waals surface area (Å²) in [5, 5.41) is 0.349. The fraction of sp³-hybridized carbons (Fsp3) is 0.105. The highest BCUT2D eigenvalue weighted by Gasteiger charge is 2.35. The second-order valence-electron chi connectivity index (χ2n) is 5.93. The summed E-state index contributed by atoms with van der Waals surface area (Å²) in [5.41, 5.74) is 6.46. The highest BCUT2D eigenvalue weighted by atomic mass is 79.9. The van der Waals surface area contributed by atoms with Gasteiger partial charge in [0.15, 0.2) is 5.75 Å². The van der Waals surface area contributed by atoms with Crippen LogP contribution < -0.4 is 10.5 Å². The van der Waals surface area contributed by atoms with Crippen LogP contribution in [0.4, 0.5) is 4.79 Å². The van der Waals surface area contributed by atoms with Crippen molar-refractivity contribution in [2.24, 2.45) is 5.73 Å². The van der Waals surface area contributed by atoms with Crippen molar-refractivity contribution in [3.8, 4) is 5.75 Å². The van der Waals surface area contributed by atoms with Gasteiger partial charge in [-0.05, 0) is 57.5 Å². The Balaban J connectivity index is 1.80. The minimum absolute atomic E-state index is 0.170. The number of hydrogen-bond donors (Lipinski definition) is 1. The molecule has 6 nitrogen and oxygen atoms in total. The van der Waals surface area contributed by atoms with Crippen LogP contribution in [0.25, 0.3) is 6.08 Å². The molecule has 29 heavy (non-hydrogen) atoms. The van der Waals surface area contributed by atoms with Crippen LogP contribution in [0.2, 0.25) is 10.0 Å². The monoisotopic (exact) mass is 514 g/mol. The number of amides is 3. The third-order valence-electron chi connectivity index (χ3n) is 3.84. The van der Waals surface area contributed by atoms with E-state index < -0.39 is 23.6 Å². The smallest absolute Gasteiger partial charge is 0.294 e. The number of nitrogens with two attached hydrogens (primary N) is 1. The zero-order chi connectivity index (χ0) is 21.1. The summed E-state index contributed by atoms with van der Waals surface area (Å²) >= 11 is 16.6. The van der Waals surface area contributed by atoms with Crippen molar-refractivity contribution in [1.29, 1.82) is 0 Å². The Morgan fingerprint density at radius 3 is 2.59 bits per heavy atom. The lowest BCUT2D eigenvalue weighted by molar-refractivity contribution is -0.127. The number of halogens is 3. The normalized spacial score (nSPS) is 15.3. The van der Waals surface area contributed by atoms with E-state index in [2.05, 4.69) is 15.9 Å². The van der Waals surface area contributed by atoms with Gasteiger partial charge in [0.2, 0.25) is 5.91 Å². The molecule has 1 saturated heterocycles. The summed E-state index contributed by atoms with van der Waals surface area (Å²) < 4.78 is 6.36. The fourth-order valence-corrected chi connectivity index (χ4v) is 4.53. The Hall–Kier alpha value is -2.00. The summed E-state index contributed by atoms with van der Waals surface area (Å²) in [6, 6.07) is 10.6. The van der Waals surface area contributed by atoms with Crippen molar-refractivity contribution in [3.05, 3.63) is 66.9 Å². The number of hydrogen-bond acceptors (Lipinski definition) is 5. The summed E-state index contributed by atoms with van der Waals surface area (Å²) in [6.07, 6.45) is 1.51. The van der Waals surface area contributed by atoms with E-state index >= 15 is 0 Å². The van der Waals surface area contributed by atoms with Gasteiger partial charge in [0.05, 0.1) is 14.4 Å². The molecule has 2 aromatic carbocycles. The number of benzene rings is 2. The number of carbonyl (C=O) groups excluding carboxylic acids is 3. The zero-order valence-electron chi connectivity index (χ0n) is 14.7. The second kappa shape index (κ2) is 9.21. The SMILES string of the molecule is NC(=O)CN1C(=O)S/C(=C\c2cc(Cl)c(OCc3ccccc3Cl)c(Br)c2)C1=O. The molecular weight excluding hydrogens is 503 g/mol. The molecule has 0 atom stereocenters. The molecule has 1 aliphatic rings. The molecule has 150 valence electrons. The topological polar surface area (TPSA) is 89.7 Å². The lowest BCUT2D eigenvalue weighted by Gasteiger charge is -2.12. The van der Waals surface area contributed by atoms with Crippen molar-refractivity contribution in [1.82, 2.24) is 4.90 Å². The molecular formula is C19H13BrCl2N2O4S. The standard InChI is InChI=1S/C19H13BrCl2N2O4S/c20-12-5-10(7-15-18(26)24(8-16(23)25)19(27)29-15)6-14(22)17(12)28-9-11-3-1-2-4-13(11)21/h1-7H,8-9H2,(H2,23,25)/b15-7-. The van der Waals surface area contributed by atoms with Gasteiger partial charge in [0, 0.05) is 10.6 Å². The molecule has 1 fully saturated rings. The van der Waals surface area contributed by atoms with E-state index in [1.165, 1.54) is 6.08 Å². The van der Waals surface area contributed by atoms with Crippen LogP contribution >= 0.6 is 50.9 Å². The Morgan fingerprint density at radius 1 is 1.21 bits per heavy atom. The zero-order valence-corrected chi connectivity index (χ0v) is 18.6. The number of rotatable bonds is 6. The van der Waals surface area contributed by atoms with Crippen molar-refractivity contribution >= 4 is 74.0 Å². The number of carbonyl (C=O) groups is 3. The molecule has 0 bridgehead atoms. The molecule has 2 aromatic rings. The van der Waals surface area contributed by atoms with Gasteiger partial charge in [-0.25, -0.2) is 0 Å². The van der Waals surface area contributed by atoms with E-state index in [0.29, 0.717) is 25.8 Å². The summed E-state index contributed by atoms with van der Waals surface area (Å²) in [7, 11) is 0. The van der Waals surface area contributed by atoms with E-state index in [4.69, 9.17) is 33.7 Å². The molecule has 1 heterocycles. The Labute approximate surface area is 189 Å². The maximum atomic E-state index is 12.3. The number of imide groups is 1. The maximum absolute atomic E-state index is 12.3. The first-order chi connectivity index (χ1) is 13.8. The van der Waals surface area contributed by atoms with Crippen LogP contribution in [0.5, 0.6) is 5.75 Å². The lowest BCUT2D eigenvalue weighted by atomic mass is 10.2. The number of primary amides is 1. The first-order valence-electron chi connectivity index (χ1n) is 8.15. The molecule has 0 radical (unpaired) electrons. The van der Waals surface area contributed by atoms with Crippen LogP contribution in [-0.2, 0) is 16.2 Å². The molecule has 0 aromatic heterocycles. The van der Waals surface area contributed by atoms with Gasteiger partial charge < -0.3 is 10.5 Å². The van der Waals surface area contributed by atoms with Gasteiger partial charge in [-0.1, -0.05) is 41.4 Å².